The molecule has 3 N–H and O–H groups in total. The lowest BCUT2D eigenvalue weighted by Gasteiger charge is -2.34. The van der Waals surface area contributed by atoms with Gasteiger partial charge in [0.2, 0.25) is 11.8 Å². The Bertz CT molecular complexity index is 833. The van der Waals surface area contributed by atoms with Gasteiger partial charge >= 0.3 is 0 Å². The molecule has 3 rings (SSSR count). The summed E-state index contributed by atoms with van der Waals surface area (Å²) in [6, 6.07) is 11.0. The van der Waals surface area contributed by atoms with Crippen molar-refractivity contribution in [3.8, 4) is 6.07 Å². The minimum absolute atomic E-state index is 0.148. The van der Waals surface area contributed by atoms with Crippen molar-refractivity contribution in [3.05, 3.63) is 47.0 Å². The van der Waals surface area contributed by atoms with Crippen LogP contribution in [0.3, 0.4) is 0 Å². The van der Waals surface area contributed by atoms with E-state index in [9.17, 15) is 14.9 Å². The van der Waals surface area contributed by atoms with Gasteiger partial charge in [0.05, 0.1) is 23.6 Å². The van der Waals surface area contributed by atoms with Crippen molar-refractivity contribution in [2.45, 2.75) is 18.5 Å². The summed E-state index contributed by atoms with van der Waals surface area (Å²) >= 11 is 2.63. The van der Waals surface area contributed by atoms with E-state index in [0.29, 0.717) is 5.13 Å². The molecule has 2 aromatic rings. The van der Waals surface area contributed by atoms with Crippen molar-refractivity contribution in [3.63, 3.8) is 0 Å². The lowest BCUT2D eigenvalue weighted by molar-refractivity contribution is -0.126. The first-order valence-corrected chi connectivity index (χ1v) is 9.84. The second-order valence-electron chi connectivity index (χ2n) is 5.70. The van der Waals surface area contributed by atoms with E-state index >= 15 is 0 Å². The van der Waals surface area contributed by atoms with Crippen molar-refractivity contribution in [1.29, 1.82) is 5.26 Å². The van der Waals surface area contributed by atoms with E-state index in [0.717, 1.165) is 11.3 Å². The molecule has 134 valence electrons. The van der Waals surface area contributed by atoms with E-state index in [1.54, 1.807) is 0 Å². The predicted molar refractivity (Wildman–Crippen MR) is 101 cm³/mol. The van der Waals surface area contributed by atoms with Crippen LogP contribution in [0.25, 0.3) is 0 Å². The third-order valence-electron chi connectivity index (χ3n) is 3.76. The maximum absolute atomic E-state index is 12.3. The lowest BCUT2D eigenvalue weighted by atomic mass is 9.92. The van der Waals surface area contributed by atoms with Crippen LogP contribution in [-0.4, -0.2) is 28.0 Å². The summed E-state index contributed by atoms with van der Waals surface area (Å²) in [6.45, 7) is 1.86. The van der Waals surface area contributed by atoms with Gasteiger partial charge in [0.1, 0.15) is 11.4 Å². The van der Waals surface area contributed by atoms with E-state index in [-0.39, 0.29) is 17.6 Å². The third kappa shape index (κ3) is 4.40. The summed E-state index contributed by atoms with van der Waals surface area (Å²) < 4.78 is 0. The normalized spacial score (nSPS) is 22.3. The largest absolute Gasteiger partial charge is 0.331 e. The van der Waals surface area contributed by atoms with Gasteiger partial charge in [0.25, 0.3) is 0 Å². The fourth-order valence-electron chi connectivity index (χ4n) is 2.57. The number of benzene rings is 1. The predicted octanol–water partition coefficient (Wildman–Crippen LogP) is 2.01. The average Bonchev–Trinajstić information content (AvgIpc) is 3.05. The minimum atomic E-state index is -0.818. The number of carbonyl (C=O) groups is 2. The van der Waals surface area contributed by atoms with Gasteiger partial charge in [0, 0.05) is 5.38 Å². The van der Waals surface area contributed by atoms with Crippen LogP contribution in [0.1, 0.15) is 17.3 Å². The quantitative estimate of drug-likeness (QED) is 0.724. The molecule has 1 aliphatic heterocycles. The standard InChI is InChI=1S/C17H17N5O2S2/c1-10-8-25-16(19-10)20-13(23)9-26-17-21-14(11-5-3-2-4-6-11)12(7-18)15(24)22-17/h2-6,8,12,14,17,21H,9H2,1H3,(H,22,24)(H,19,20,23). The van der Waals surface area contributed by atoms with Gasteiger partial charge in [-0.05, 0) is 12.5 Å². The molecule has 26 heavy (non-hydrogen) atoms. The van der Waals surface area contributed by atoms with E-state index in [1.807, 2.05) is 42.6 Å². The first-order chi connectivity index (χ1) is 12.6. The summed E-state index contributed by atoms with van der Waals surface area (Å²) in [5.41, 5.74) is 1.26. The monoisotopic (exact) mass is 387 g/mol. The number of aryl methyl sites for hydroxylation is 1. The van der Waals surface area contributed by atoms with Gasteiger partial charge in [-0.25, -0.2) is 4.98 Å². The SMILES string of the molecule is Cc1csc(NC(=O)CSC2NC(=O)C(C#N)C(c3ccccc3)N2)n1. The first-order valence-electron chi connectivity index (χ1n) is 7.91. The Kier molecular flexibility index (Phi) is 5.88. The molecule has 9 heteroatoms. The fourth-order valence-corrected chi connectivity index (χ4v) is 4.11. The van der Waals surface area contributed by atoms with E-state index in [4.69, 9.17) is 0 Å². The van der Waals surface area contributed by atoms with Crippen molar-refractivity contribution in [2.24, 2.45) is 5.92 Å². The van der Waals surface area contributed by atoms with Crippen LogP contribution in [0.15, 0.2) is 35.7 Å². The number of thiazole rings is 1. The van der Waals surface area contributed by atoms with E-state index in [1.165, 1.54) is 23.1 Å². The molecule has 0 saturated carbocycles. The molecule has 0 aliphatic carbocycles. The fraction of sp³-hybridized carbons (Fsp3) is 0.294. The highest BCUT2D eigenvalue weighted by atomic mass is 32.2. The molecule has 2 amide bonds. The highest BCUT2D eigenvalue weighted by Crippen LogP contribution is 2.28. The molecule has 1 aromatic carbocycles. The highest BCUT2D eigenvalue weighted by Gasteiger charge is 2.37. The Morgan fingerprint density at radius 1 is 1.42 bits per heavy atom. The van der Waals surface area contributed by atoms with Crippen LogP contribution in [0.4, 0.5) is 5.13 Å². The average molecular weight is 387 g/mol. The Labute approximate surface area is 159 Å². The number of nitrogens with zero attached hydrogens (tertiary/aromatic N) is 2. The topological polar surface area (TPSA) is 107 Å². The number of hydrogen-bond acceptors (Lipinski definition) is 7. The zero-order valence-corrected chi connectivity index (χ0v) is 15.6. The third-order valence-corrected chi connectivity index (χ3v) is 5.66. The highest BCUT2D eigenvalue weighted by molar-refractivity contribution is 8.00. The molecule has 2 heterocycles. The minimum Gasteiger partial charge on any atom is -0.331 e. The number of aromatic nitrogens is 1. The van der Waals surface area contributed by atoms with Crippen molar-refractivity contribution >= 4 is 40.0 Å². The molecule has 0 spiro atoms. The maximum Gasteiger partial charge on any atom is 0.241 e. The number of carbonyl (C=O) groups excluding carboxylic acids is 2. The molecule has 0 bridgehead atoms. The number of anilines is 1. The van der Waals surface area contributed by atoms with Crippen LogP contribution in [-0.2, 0) is 9.59 Å². The number of amides is 2. The molecule has 1 saturated heterocycles. The molecular formula is C17H17N5O2S2. The molecule has 1 fully saturated rings. The summed E-state index contributed by atoms with van der Waals surface area (Å²) in [5.74, 6) is -1.20. The van der Waals surface area contributed by atoms with Crippen LogP contribution >= 0.6 is 23.1 Å². The molecule has 3 unspecified atom stereocenters. The van der Waals surface area contributed by atoms with Crippen LogP contribution in [0, 0.1) is 24.2 Å². The number of thioether (sulfide) groups is 1. The maximum atomic E-state index is 12.3. The van der Waals surface area contributed by atoms with Gasteiger partial charge in [-0.2, -0.15) is 5.26 Å². The van der Waals surface area contributed by atoms with Crippen molar-refractivity contribution in [1.82, 2.24) is 15.6 Å². The number of hydrogen-bond donors (Lipinski definition) is 3. The lowest BCUT2D eigenvalue weighted by Crippen LogP contribution is -2.56. The molecule has 1 aliphatic rings. The van der Waals surface area contributed by atoms with Crippen LogP contribution < -0.4 is 16.0 Å². The number of nitriles is 1. The smallest absolute Gasteiger partial charge is 0.241 e. The molecular weight excluding hydrogens is 370 g/mol. The van der Waals surface area contributed by atoms with E-state index < -0.39 is 17.5 Å². The van der Waals surface area contributed by atoms with Gasteiger partial charge in [-0.1, -0.05) is 30.3 Å². The second-order valence-corrected chi connectivity index (χ2v) is 7.66. The number of rotatable bonds is 5. The molecule has 7 nitrogen and oxygen atoms in total. The van der Waals surface area contributed by atoms with Crippen LogP contribution in [0.2, 0.25) is 0 Å². The van der Waals surface area contributed by atoms with Gasteiger partial charge < -0.3 is 10.6 Å². The summed E-state index contributed by atoms with van der Waals surface area (Å²) in [6.07, 6.45) is 0. The summed E-state index contributed by atoms with van der Waals surface area (Å²) in [4.78, 5) is 28.5. The van der Waals surface area contributed by atoms with Crippen molar-refractivity contribution < 1.29 is 9.59 Å². The van der Waals surface area contributed by atoms with Gasteiger partial charge in [-0.3, -0.25) is 14.9 Å². The molecule has 3 atom stereocenters. The Morgan fingerprint density at radius 2 is 2.19 bits per heavy atom. The summed E-state index contributed by atoms with van der Waals surface area (Å²) in [7, 11) is 0. The Hall–Kier alpha value is -2.41. The Morgan fingerprint density at radius 3 is 2.85 bits per heavy atom. The van der Waals surface area contributed by atoms with Crippen LogP contribution in [0.5, 0.6) is 0 Å². The van der Waals surface area contributed by atoms with Crippen molar-refractivity contribution in [2.75, 3.05) is 11.1 Å². The molecule has 1 aromatic heterocycles. The summed E-state index contributed by atoms with van der Waals surface area (Å²) in [5, 5.41) is 20.5. The van der Waals surface area contributed by atoms with Gasteiger partial charge in [0.15, 0.2) is 5.13 Å². The Balaban J connectivity index is 1.61. The first kappa shape index (κ1) is 18.4. The molecule has 0 radical (unpaired) electrons. The number of nitrogens with one attached hydrogen (secondary N) is 3. The van der Waals surface area contributed by atoms with E-state index in [2.05, 4.69) is 27.0 Å². The zero-order chi connectivity index (χ0) is 18.5. The zero-order valence-electron chi connectivity index (χ0n) is 13.9. The second kappa shape index (κ2) is 8.31. The van der Waals surface area contributed by atoms with Gasteiger partial charge in [-0.15, -0.1) is 23.1 Å².